The number of fused-ring (bicyclic) bond motifs is 1. The summed E-state index contributed by atoms with van der Waals surface area (Å²) < 4.78 is 7.28. The molecule has 3 rings (SSSR count). The minimum absolute atomic E-state index is 0.00959. The van der Waals surface area contributed by atoms with Gasteiger partial charge in [0.25, 0.3) is 11.5 Å². The van der Waals surface area contributed by atoms with E-state index in [1.165, 1.54) is 16.6 Å². The first-order chi connectivity index (χ1) is 10.5. The van der Waals surface area contributed by atoms with Gasteiger partial charge >= 0.3 is 0 Å². The van der Waals surface area contributed by atoms with Crippen LogP contribution in [0.25, 0.3) is 5.78 Å². The first kappa shape index (κ1) is 13.7. The van der Waals surface area contributed by atoms with Crippen LogP contribution in [-0.2, 0) is 0 Å². The SMILES string of the molecule is C[C@H](Oc1ccc([N+](=O)[O-])cc1)c1ccnc2nc(N)nn12. The number of non-ortho nitro benzene ring substituents is 1. The van der Waals surface area contributed by atoms with Gasteiger partial charge in [0, 0.05) is 18.3 Å². The first-order valence-corrected chi connectivity index (χ1v) is 6.43. The molecule has 0 spiro atoms. The van der Waals surface area contributed by atoms with Gasteiger partial charge in [-0.15, -0.1) is 5.10 Å². The van der Waals surface area contributed by atoms with E-state index in [4.69, 9.17) is 10.5 Å². The number of nitro benzene ring substituents is 1. The van der Waals surface area contributed by atoms with Crippen LogP contribution in [0.4, 0.5) is 11.6 Å². The Hall–Kier alpha value is -3.23. The Morgan fingerprint density at radius 2 is 2.05 bits per heavy atom. The van der Waals surface area contributed by atoms with E-state index in [1.54, 1.807) is 24.4 Å². The molecular formula is C13H12N6O3. The molecule has 0 amide bonds. The van der Waals surface area contributed by atoms with Crippen LogP contribution in [-0.4, -0.2) is 24.5 Å². The second-order valence-corrected chi connectivity index (χ2v) is 4.56. The highest BCUT2D eigenvalue weighted by Gasteiger charge is 2.15. The topological polar surface area (TPSA) is 121 Å². The highest BCUT2D eigenvalue weighted by atomic mass is 16.6. The molecule has 0 saturated carbocycles. The van der Waals surface area contributed by atoms with Crippen LogP contribution in [0.15, 0.2) is 36.5 Å². The third-order valence-electron chi connectivity index (χ3n) is 3.06. The van der Waals surface area contributed by atoms with Crippen molar-refractivity contribution in [2.75, 3.05) is 5.73 Å². The van der Waals surface area contributed by atoms with Crippen molar-refractivity contribution in [2.45, 2.75) is 13.0 Å². The third-order valence-corrected chi connectivity index (χ3v) is 3.06. The fourth-order valence-corrected chi connectivity index (χ4v) is 2.05. The Morgan fingerprint density at radius 1 is 1.32 bits per heavy atom. The Morgan fingerprint density at radius 3 is 2.73 bits per heavy atom. The molecule has 112 valence electrons. The number of ether oxygens (including phenoxy) is 1. The maximum absolute atomic E-state index is 10.6. The predicted molar refractivity (Wildman–Crippen MR) is 77.3 cm³/mol. The number of nitro groups is 1. The summed E-state index contributed by atoms with van der Waals surface area (Å²) in [5, 5.41) is 14.7. The molecule has 9 nitrogen and oxygen atoms in total. The molecule has 9 heteroatoms. The number of benzene rings is 1. The maximum Gasteiger partial charge on any atom is 0.269 e. The van der Waals surface area contributed by atoms with Gasteiger partial charge in [0.1, 0.15) is 11.9 Å². The smallest absolute Gasteiger partial charge is 0.269 e. The molecule has 1 atom stereocenters. The first-order valence-electron chi connectivity index (χ1n) is 6.43. The monoisotopic (exact) mass is 300 g/mol. The van der Waals surface area contributed by atoms with E-state index in [2.05, 4.69) is 15.1 Å². The van der Waals surface area contributed by atoms with Gasteiger partial charge < -0.3 is 10.5 Å². The van der Waals surface area contributed by atoms with Gasteiger partial charge in [-0.25, -0.2) is 4.98 Å². The van der Waals surface area contributed by atoms with E-state index in [0.29, 0.717) is 17.2 Å². The van der Waals surface area contributed by atoms with Crippen molar-refractivity contribution in [3.63, 3.8) is 0 Å². The number of hydrogen-bond acceptors (Lipinski definition) is 7. The molecule has 2 aromatic heterocycles. The van der Waals surface area contributed by atoms with Crippen molar-refractivity contribution in [3.05, 3.63) is 52.3 Å². The van der Waals surface area contributed by atoms with Crippen LogP contribution in [0.3, 0.4) is 0 Å². The summed E-state index contributed by atoms with van der Waals surface area (Å²) in [7, 11) is 0. The molecule has 22 heavy (non-hydrogen) atoms. The van der Waals surface area contributed by atoms with Gasteiger partial charge in [0.2, 0.25) is 5.95 Å². The lowest BCUT2D eigenvalue weighted by Crippen LogP contribution is -2.10. The molecule has 2 N–H and O–H groups in total. The molecule has 0 aliphatic carbocycles. The standard InChI is InChI=1S/C13H12N6O3/c1-8(22-10-4-2-9(3-5-10)19(20)21)11-6-7-15-13-16-12(14)17-18(11)13/h2-8H,1H3,(H2,14,17)/t8-/m0/s1. The molecule has 1 aromatic carbocycles. The van der Waals surface area contributed by atoms with E-state index in [0.717, 1.165) is 0 Å². The summed E-state index contributed by atoms with van der Waals surface area (Å²) in [5.74, 6) is 1.02. The molecule has 0 radical (unpaired) electrons. The average Bonchev–Trinajstić information content (AvgIpc) is 2.87. The van der Waals surface area contributed by atoms with Crippen molar-refractivity contribution in [1.82, 2.24) is 19.6 Å². The predicted octanol–water partition coefficient (Wildman–Crippen LogP) is 1.75. The molecule has 3 aromatic rings. The number of hydrogen-bond donors (Lipinski definition) is 1. The summed E-state index contributed by atoms with van der Waals surface area (Å²) in [6.45, 7) is 1.83. The van der Waals surface area contributed by atoms with E-state index in [9.17, 15) is 10.1 Å². The van der Waals surface area contributed by atoms with Crippen LogP contribution in [0, 0.1) is 10.1 Å². The van der Waals surface area contributed by atoms with Crippen LogP contribution in [0.2, 0.25) is 0 Å². The van der Waals surface area contributed by atoms with Crippen LogP contribution < -0.4 is 10.5 Å². The quantitative estimate of drug-likeness (QED) is 0.575. The lowest BCUT2D eigenvalue weighted by molar-refractivity contribution is -0.384. The summed E-state index contributed by atoms with van der Waals surface area (Å²) in [6, 6.07) is 7.61. The zero-order valence-corrected chi connectivity index (χ0v) is 11.6. The molecular weight excluding hydrogens is 288 g/mol. The summed E-state index contributed by atoms with van der Waals surface area (Å²) in [5.41, 5.74) is 6.29. The summed E-state index contributed by atoms with van der Waals surface area (Å²) in [6.07, 6.45) is 1.22. The number of rotatable bonds is 4. The Bertz CT molecular complexity index is 829. The molecule has 0 fully saturated rings. The second-order valence-electron chi connectivity index (χ2n) is 4.56. The highest BCUT2D eigenvalue weighted by molar-refractivity contribution is 5.37. The Balaban J connectivity index is 1.86. The third kappa shape index (κ3) is 2.51. The van der Waals surface area contributed by atoms with Gasteiger partial charge in [-0.05, 0) is 25.1 Å². The molecule has 0 aliphatic rings. The number of anilines is 1. The van der Waals surface area contributed by atoms with E-state index < -0.39 is 4.92 Å². The Labute approximate surface area is 124 Å². The van der Waals surface area contributed by atoms with Gasteiger partial charge in [-0.2, -0.15) is 9.50 Å². The van der Waals surface area contributed by atoms with Crippen molar-refractivity contribution >= 4 is 17.4 Å². The van der Waals surface area contributed by atoms with Crippen molar-refractivity contribution < 1.29 is 9.66 Å². The van der Waals surface area contributed by atoms with E-state index in [-0.39, 0.29) is 17.7 Å². The average molecular weight is 300 g/mol. The fourth-order valence-electron chi connectivity index (χ4n) is 2.05. The van der Waals surface area contributed by atoms with Gasteiger partial charge in [-0.3, -0.25) is 10.1 Å². The molecule has 0 aliphatic heterocycles. The number of aromatic nitrogens is 4. The van der Waals surface area contributed by atoms with E-state index >= 15 is 0 Å². The van der Waals surface area contributed by atoms with Gasteiger partial charge in [0.05, 0.1) is 10.6 Å². The summed E-state index contributed by atoms with van der Waals surface area (Å²) >= 11 is 0. The normalized spacial score (nSPS) is 12.2. The highest BCUT2D eigenvalue weighted by Crippen LogP contribution is 2.23. The number of nitrogen functional groups attached to an aromatic ring is 1. The lowest BCUT2D eigenvalue weighted by Gasteiger charge is -2.15. The van der Waals surface area contributed by atoms with Gasteiger partial charge in [0.15, 0.2) is 0 Å². The maximum atomic E-state index is 10.6. The van der Waals surface area contributed by atoms with Crippen molar-refractivity contribution in [2.24, 2.45) is 0 Å². The van der Waals surface area contributed by atoms with Crippen molar-refractivity contribution in [1.29, 1.82) is 0 Å². The molecule has 0 unspecified atom stereocenters. The number of nitrogens with zero attached hydrogens (tertiary/aromatic N) is 5. The van der Waals surface area contributed by atoms with Crippen LogP contribution in [0.5, 0.6) is 5.75 Å². The molecule has 2 heterocycles. The largest absolute Gasteiger partial charge is 0.484 e. The molecule has 0 bridgehead atoms. The van der Waals surface area contributed by atoms with Crippen molar-refractivity contribution in [3.8, 4) is 5.75 Å². The second kappa shape index (κ2) is 5.28. The van der Waals surface area contributed by atoms with Gasteiger partial charge in [-0.1, -0.05) is 0 Å². The zero-order valence-electron chi connectivity index (χ0n) is 11.6. The van der Waals surface area contributed by atoms with E-state index in [1.807, 2.05) is 6.92 Å². The minimum atomic E-state index is -0.461. The lowest BCUT2D eigenvalue weighted by atomic mass is 10.2. The fraction of sp³-hybridized carbons (Fsp3) is 0.154. The minimum Gasteiger partial charge on any atom is -0.484 e. The summed E-state index contributed by atoms with van der Waals surface area (Å²) in [4.78, 5) is 18.2. The molecule has 0 saturated heterocycles. The Kier molecular flexibility index (Phi) is 3.30. The van der Waals surface area contributed by atoms with Crippen LogP contribution in [0.1, 0.15) is 18.7 Å². The van der Waals surface area contributed by atoms with Crippen LogP contribution >= 0.6 is 0 Å². The zero-order chi connectivity index (χ0) is 15.7. The number of nitrogens with two attached hydrogens (primary N) is 1.